The number of amides is 1. The molecule has 1 unspecified atom stereocenters. The quantitative estimate of drug-likeness (QED) is 0.828. The number of hydrogen-bond donors (Lipinski definition) is 2. The van der Waals surface area contributed by atoms with E-state index in [1.165, 1.54) is 0 Å². The van der Waals surface area contributed by atoms with E-state index in [2.05, 4.69) is 5.32 Å². The molecule has 5 heteroatoms. The fraction of sp³-hybridized carbons (Fsp3) is 0.500. The van der Waals surface area contributed by atoms with Gasteiger partial charge in [-0.3, -0.25) is 4.79 Å². The predicted octanol–water partition coefficient (Wildman–Crippen LogP) is 0.458. The number of carbonyl (C=O) groups excluding carboxylic acids is 1. The van der Waals surface area contributed by atoms with Crippen molar-refractivity contribution in [1.82, 2.24) is 10.2 Å². The molecule has 5 nitrogen and oxygen atoms in total. The Morgan fingerprint density at radius 1 is 1.47 bits per heavy atom. The Morgan fingerprint density at radius 3 is 2.84 bits per heavy atom. The first-order valence-corrected chi connectivity index (χ1v) is 6.71. The summed E-state index contributed by atoms with van der Waals surface area (Å²) in [7, 11) is 0. The average Bonchev–Trinajstić information content (AvgIpc) is 2.47. The summed E-state index contributed by atoms with van der Waals surface area (Å²) in [6.07, 6.45) is 0. The highest BCUT2D eigenvalue weighted by atomic mass is 16.5. The van der Waals surface area contributed by atoms with E-state index in [-0.39, 0.29) is 11.9 Å². The van der Waals surface area contributed by atoms with Crippen molar-refractivity contribution in [3.63, 3.8) is 0 Å². The molecule has 1 aliphatic rings. The Balaban J connectivity index is 2.09. The van der Waals surface area contributed by atoms with Crippen molar-refractivity contribution >= 4 is 5.91 Å². The van der Waals surface area contributed by atoms with Crippen LogP contribution < -0.4 is 15.8 Å². The highest BCUT2D eigenvalue weighted by Gasteiger charge is 2.26. The number of hydrogen-bond acceptors (Lipinski definition) is 4. The largest absolute Gasteiger partial charge is 0.494 e. The van der Waals surface area contributed by atoms with E-state index >= 15 is 0 Å². The van der Waals surface area contributed by atoms with Crippen LogP contribution in [-0.4, -0.2) is 49.6 Å². The molecule has 19 heavy (non-hydrogen) atoms. The van der Waals surface area contributed by atoms with E-state index < -0.39 is 0 Å². The second-order valence-corrected chi connectivity index (χ2v) is 4.55. The van der Waals surface area contributed by atoms with Crippen LogP contribution in [0.15, 0.2) is 24.3 Å². The number of nitrogens with two attached hydrogens (primary N) is 1. The normalized spacial score (nSPS) is 19.3. The zero-order chi connectivity index (χ0) is 13.7. The van der Waals surface area contributed by atoms with Crippen LogP contribution in [0.5, 0.6) is 5.75 Å². The number of benzene rings is 1. The number of nitrogens with zero attached hydrogens (tertiary/aromatic N) is 1. The number of ether oxygens (including phenoxy) is 1. The standard InChI is InChI=1S/C14H21N3O2/c1-2-19-13-5-3-11(4-6-13)14(18)17-8-7-16-10-12(17)9-15/h3-6,12,16H,2,7-10,15H2,1H3. The summed E-state index contributed by atoms with van der Waals surface area (Å²) in [5, 5.41) is 3.25. The molecule has 0 saturated carbocycles. The minimum atomic E-state index is 0.0417. The van der Waals surface area contributed by atoms with Crippen LogP contribution in [0.1, 0.15) is 17.3 Å². The van der Waals surface area contributed by atoms with Gasteiger partial charge < -0.3 is 20.7 Å². The van der Waals surface area contributed by atoms with Crippen molar-refractivity contribution in [2.24, 2.45) is 5.73 Å². The third-order valence-corrected chi connectivity index (χ3v) is 3.30. The molecule has 1 atom stereocenters. The molecule has 1 aromatic carbocycles. The second-order valence-electron chi connectivity index (χ2n) is 4.55. The van der Waals surface area contributed by atoms with E-state index in [0.29, 0.717) is 25.3 Å². The predicted molar refractivity (Wildman–Crippen MR) is 74.4 cm³/mol. The van der Waals surface area contributed by atoms with Gasteiger partial charge in [-0.1, -0.05) is 0 Å². The Hall–Kier alpha value is -1.59. The summed E-state index contributed by atoms with van der Waals surface area (Å²) in [4.78, 5) is 14.3. The SMILES string of the molecule is CCOc1ccc(C(=O)N2CCNCC2CN)cc1. The molecule has 0 bridgehead atoms. The lowest BCUT2D eigenvalue weighted by Gasteiger charge is -2.35. The third kappa shape index (κ3) is 3.24. The molecule has 1 aliphatic heterocycles. The lowest BCUT2D eigenvalue weighted by Crippen LogP contribution is -2.56. The molecular formula is C14H21N3O2. The maximum Gasteiger partial charge on any atom is 0.254 e. The zero-order valence-electron chi connectivity index (χ0n) is 11.3. The number of carbonyl (C=O) groups is 1. The summed E-state index contributed by atoms with van der Waals surface area (Å²) in [6, 6.07) is 7.35. The maximum atomic E-state index is 12.4. The first-order valence-electron chi connectivity index (χ1n) is 6.71. The molecule has 1 fully saturated rings. The van der Waals surface area contributed by atoms with E-state index in [1.807, 2.05) is 36.1 Å². The van der Waals surface area contributed by atoms with Gasteiger partial charge in [-0.25, -0.2) is 0 Å². The molecule has 3 N–H and O–H groups in total. The van der Waals surface area contributed by atoms with Crippen LogP contribution in [-0.2, 0) is 0 Å². The average molecular weight is 263 g/mol. The van der Waals surface area contributed by atoms with Gasteiger partial charge in [0, 0.05) is 31.7 Å². The molecule has 1 saturated heterocycles. The van der Waals surface area contributed by atoms with Gasteiger partial charge >= 0.3 is 0 Å². The summed E-state index contributed by atoms with van der Waals surface area (Å²) < 4.78 is 5.37. The van der Waals surface area contributed by atoms with Gasteiger partial charge in [-0.15, -0.1) is 0 Å². The van der Waals surface area contributed by atoms with Gasteiger partial charge in [0.2, 0.25) is 0 Å². The molecule has 0 radical (unpaired) electrons. The number of piperazine rings is 1. The van der Waals surface area contributed by atoms with Crippen LogP contribution in [0, 0.1) is 0 Å². The van der Waals surface area contributed by atoms with E-state index in [4.69, 9.17) is 10.5 Å². The molecule has 1 amide bonds. The molecule has 1 aromatic rings. The van der Waals surface area contributed by atoms with Gasteiger partial charge in [0.15, 0.2) is 0 Å². The minimum absolute atomic E-state index is 0.0417. The van der Waals surface area contributed by atoms with E-state index in [0.717, 1.165) is 18.8 Å². The van der Waals surface area contributed by atoms with Crippen molar-refractivity contribution in [3.8, 4) is 5.75 Å². The van der Waals surface area contributed by atoms with Crippen LogP contribution in [0.2, 0.25) is 0 Å². The van der Waals surface area contributed by atoms with Crippen LogP contribution in [0.4, 0.5) is 0 Å². The summed E-state index contributed by atoms with van der Waals surface area (Å²) in [5.74, 6) is 0.828. The van der Waals surface area contributed by atoms with Gasteiger partial charge in [0.05, 0.1) is 12.6 Å². The Kier molecular flexibility index (Phi) is 4.76. The molecule has 0 aromatic heterocycles. The first-order chi connectivity index (χ1) is 9.26. The summed E-state index contributed by atoms with van der Waals surface area (Å²) >= 11 is 0. The monoisotopic (exact) mass is 263 g/mol. The molecule has 0 aliphatic carbocycles. The highest BCUT2D eigenvalue weighted by Crippen LogP contribution is 2.15. The number of nitrogens with one attached hydrogen (secondary N) is 1. The molecule has 2 rings (SSSR count). The van der Waals surface area contributed by atoms with Crippen molar-refractivity contribution in [2.45, 2.75) is 13.0 Å². The van der Waals surface area contributed by atoms with Crippen LogP contribution >= 0.6 is 0 Å². The van der Waals surface area contributed by atoms with E-state index in [9.17, 15) is 4.79 Å². The zero-order valence-corrected chi connectivity index (χ0v) is 11.3. The minimum Gasteiger partial charge on any atom is -0.494 e. The fourth-order valence-corrected chi connectivity index (χ4v) is 2.27. The lowest BCUT2D eigenvalue weighted by atomic mass is 10.1. The number of rotatable bonds is 4. The Morgan fingerprint density at radius 2 is 2.21 bits per heavy atom. The molecular weight excluding hydrogens is 242 g/mol. The third-order valence-electron chi connectivity index (χ3n) is 3.30. The van der Waals surface area contributed by atoms with Crippen LogP contribution in [0.25, 0.3) is 0 Å². The van der Waals surface area contributed by atoms with Crippen molar-refractivity contribution in [1.29, 1.82) is 0 Å². The second kappa shape index (κ2) is 6.54. The Labute approximate surface area is 113 Å². The van der Waals surface area contributed by atoms with Gasteiger partial charge in [-0.2, -0.15) is 0 Å². The highest BCUT2D eigenvalue weighted by molar-refractivity contribution is 5.94. The van der Waals surface area contributed by atoms with Gasteiger partial charge in [-0.05, 0) is 31.2 Å². The summed E-state index contributed by atoms with van der Waals surface area (Å²) in [6.45, 7) is 5.33. The molecule has 104 valence electrons. The van der Waals surface area contributed by atoms with Crippen molar-refractivity contribution < 1.29 is 9.53 Å². The molecule has 1 heterocycles. The fourth-order valence-electron chi connectivity index (χ4n) is 2.27. The maximum absolute atomic E-state index is 12.4. The topological polar surface area (TPSA) is 67.6 Å². The smallest absolute Gasteiger partial charge is 0.254 e. The van der Waals surface area contributed by atoms with Crippen molar-refractivity contribution in [2.75, 3.05) is 32.8 Å². The summed E-state index contributed by atoms with van der Waals surface area (Å²) in [5.41, 5.74) is 6.40. The van der Waals surface area contributed by atoms with Crippen LogP contribution in [0.3, 0.4) is 0 Å². The van der Waals surface area contributed by atoms with E-state index in [1.54, 1.807) is 0 Å². The lowest BCUT2D eigenvalue weighted by molar-refractivity contribution is 0.0644. The van der Waals surface area contributed by atoms with Gasteiger partial charge in [0.25, 0.3) is 5.91 Å². The molecule has 0 spiro atoms. The Bertz CT molecular complexity index is 419. The first kappa shape index (κ1) is 13.8. The van der Waals surface area contributed by atoms with Crippen molar-refractivity contribution in [3.05, 3.63) is 29.8 Å². The van der Waals surface area contributed by atoms with Gasteiger partial charge in [0.1, 0.15) is 5.75 Å².